The molecule has 2 atom stereocenters. The van der Waals surface area contributed by atoms with Crippen molar-refractivity contribution in [3.8, 4) is 0 Å². The van der Waals surface area contributed by atoms with Gasteiger partial charge < -0.3 is 20.7 Å². The van der Waals surface area contributed by atoms with Crippen molar-refractivity contribution in [3.63, 3.8) is 0 Å². The van der Waals surface area contributed by atoms with E-state index in [-0.39, 0.29) is 18.4 Å². The molecule has 0 aromatic rings. The second-order valence-electron chi connectivity index (χ2n) is 6.71. The lowest BCUT2D eigenvalue weighted by molar-refractivity contribution is -0.136. The number of primary amides is 1. The van der Waals surface area contributed by atoms with Gasteiger partial charge in [-0.05, 0) is 39.5 Å². The molecule has 0 aromatic heterocycles. The van der Waals surface area contributed by atoms with Crippen LogP contribution in [0, 0.1) is 5.92 Å². The summed E-state index contributed by atoms with van der Waals surface area (Å²) in [6, 6.07) is -0.579. The molecular formula is C15H27N3O4. The van der Waals surface area contributed by atoms with Gasteiger partial charge in [-0.25, -0.2) is 4.79 Å². The first-order chi connectivity index (χ1) is 10.1. The summed E-state index contributed by atoms with van der Waals surface area (Å²) in [5.41, 5.74) is 4.76. The maximum atomic E-state index is 12.2. The Kier molecular flexibility index (Phi) is 6.20. The number of ether oxygens (including phenoxy) is 1. The number of nitrogens with one attached hydrogen (secondary N) is 1. The largest absolute Gasteiger partial charge is 0.444 e. The first-order valence-electron chi connectivity index (χ1n) is 7.69. The maximum absolute atomic E-state index is 12.2. The summed E-state index contributed by atoms with van der Waals surface area (Å²) in [5.74, 6) is -0.523. The van der Waals surface area contributed by atoms with Gasteiger partial charge in [0.2, 0.25) is 11.8 Å². The smallest absolute Gasteiger partial charge is 0.408 e. The second-order valence-corrected chi connectivity index (χ2v) is 6.71. The third kappa shape index (κ3) is 5.54. The summed E-state index contributed by atoms with van der Waals surface area (Å²) in [7, 11) is 0. The van der Waals surface area contributed by atoms with E-state index in [0.717, 1.165) is 12.8 Å². The van der Waals surface area contributed by atoms with E-state index in [1.807, 2.05) is 0 Å². The molecule has 22 heavy (non-hydrogen) atoms. The number of carbonyl (C=O) groups is 3. The second kappa shape index (κ2) is 7.47. The van der Waals surface area contributed by atoms with Gasteiger partial charge in [0, 0.05) is 6.54 Å². The van der Waals surface area contributed by atoms with Crippen LogP contribution in [-0.4, -0.2) is 47.5 Å². The van der Waals surface area contributed by atoms with Gasteiger partial charge in [0.25, 0.3) is 0 Å². The topological polar surface area (TPSA) is 102 Å². The summed E-state index contributed by atoms with van der Waals surface area (Å²) < 4.78 is 5.07. The molecule has 1 saturated heterocycles. The monoisotopic (exact) mass is 313 g/mol. The molecule has 126 valence electrons. The maximum Gasteiger partial charge on any atom is 0.408 e. The molecule has 1 aliphatic heterocycles. The number of amides is 3. The fourth-order valence-electron chi connectivity index (χ4n) is 2.65. The van der Waals surface area contributed by atoms with Gasteiger partial charge in [-0.2, -0.15) is 0 Å². The first-order valence-corrected chi connectivity index (χ1v) is 7.69. The summed E-state index contributed by atoms with van der Waals surface area (Å²) in [4.78, 5) is 36.8. The highest BCUT2D eigenvalue weighted by Crippen LogP contribution is 2.26. The molecule has 1 aliphatic rings. The third-order valence-corrected chi connectivity index (χ3v) is 3.52. The van der Waals surface area contributed by atoms with Crippen LogP contribution in [0.3, 0.4) is 0 Å². The Morgan fingerprint density at radius 2 is 1.95 bits per heavy atom. The zero-order valence-electron chi connectivity index (χ0n) is 13.8. The number of hydrogen-bond donors (Lipinski definition) is 2. The lowest BCUT2D eigenvalue weighted by Crippen LogP contribution is -2.48. The Morgan fingerprint density at radius 1 is 1.32 bits per heavy atom. The van der Waals surface area contributed by atoms with Crippen molar-refractivity contribution in [3.05, 3.63) is 0 Å². The number of nitrogens with two attached hydrogens (primary N) is 1. The zero-order chi connectivity index (χ0) is 16.9. The van der Waals surface area contributed by atoms with Crippen molar-refractivity contribution in [2.24, 2.45) is 11.7 Å². The Balaban J connectivity index is 2.55. The van der Waals surface area contributed by atoms with E-state index in [1.54, 1.807) is 20.8 Å². The standard InChI is InChI=1S/C15H27N3O4/c1-5-6-10-7-11(13(16)20)18(9-10)12(19)8-17-14(21)22-15(2,3)4/h10-11H,5-9H2,1-4H3,(H2,16,20)(H,17,21)/t10-,11-/m0/s1. The van der Waals surface area contributed by atoms with Gasteiger partial charge in [0.1, 0.15) is 18.2 Å². The molecule has 1 heterocycles. The van der Waals surface area contributed by atoms with Gasteiger partial charge in [0.15, 0.2) is 0 Å². The lowest BCUT2D eigenvalue weighted by atomic mass is 10.0. The molecular weight excluding hydrogens is 286 g/mol. The Bertz CT molecular complexity index is 431. The number of hydrogen-bond acceptors (Lipinski definition) is 4. The molecule has 3 N–H and O–H groups in total. The van der Waals surface area contributed by atoms with Gasteiger partial charge >= 0.3 is 6.09 Å². The van der Waals surface area contributed by atoms with Gasteiger partial charge in [0.05, 0.1) is 0 Å². The number of nitrogens with zero attached hydrogens (tertiary/aromatic N) is 1. The van der Waals surface area contributed by atoms with E-state index in [2.05, 4.69) is 12.2 Å². The predicted octanol–water partition coefficient (Wildman–Crippen LogP) is 1.01. The fourth-order valence-corrected chi connectivity index (χ4v) is 2.65. The number of carbonyl (C=O) groups excluding carboxylic acids is 3. The van der Waals surface area contributed by atoms with Crippen LogP contribution in [0.25, 0.3) is 0 Å². The molecule has 7 heteroatoms. The quantitative estimate of drug-likeness (QED) is 0.791. The van der Waals surface area contributed by atoms with Gasteiger partial charge in [-0.1, -0.05) is 13.3 Å². The molecule has 0 aliphatic carbocycles. The third-order valence-electron chi connectivity index (χ3n) is 3.52. The van der Waals surface area contributed by atoms with Crippen LogP contribution in [0.15, 0.2) is 0 Å². The average Bonchev–Trinajstić information content (AvgIpc) is 2.78. The Labute approximate surface area is 131 Å². The SMILES string of the molecule is CCC[C@H]1C[C@@H](C(N)=O)N(C(=O)CNC(=O)OC(C)(C)C)C1. The molecule has 0 saturated carbocycles. The predicted molar refractivity (Wildman–Crippen MR) is 81.9 cm³/mol. The number of likely N-dealkylation sites (tertiary alicyclic amines) is 1. The summed E-state index contributed by atoms with van der Waals surface area (Å²) >= 11 is 0. The molecule has 0 bridgehead atoms. The van der Waals surface area contributed by atoms with Crippen LogP contribution >= 0.6 is 0 Å². The van der Waals surface area contributed by atoms with Crippen molar-refractivity contribution in [1.29, 1.82) is 0 Å². The average molecular weight is 313 g/mol. The molecule has 1 fully saturated rings. The summed E-state index contributed by atoms with van der Waals surface area (Å²) in [6.45, 7) is 7.61. The molecule has 1 rings (SSSR count). The van der Waals surface area contributed by atoms with E-state index < -0.39 is 23.6 Å². The summed E-state index contributed by atoms with van der Waals surface area (Å²) in [6.07, 6.45) is 1.89. The molecule has 3 amide bonds. The zero-order valence-corrected chi connectivity index (χ0v) is 13.8. The van der Waals surface area contributed by atoms with Crippen molar-refractivity contribution in [1.82, 2.24) is 10.2 Å². The highest BCUT2D eigenvalue weighted by molar-refractivity contribution is 5.89. The number of alkyl carbamates (subject to hydrolysis) is 1. The van der Waals surface area contributed by atoms with Crippen LogP contribution < -0.4 is 11.1 Å². The molecule has 0 radical (unpaired) electrons. The minimum absolute atomic E-state index is 0.197. The first kappa shape index (κ1) is 18.3. The van der Waals surface area contributed by atoms with Gasteiger partial charge in [-0.3, -0.25) is 9.59 Å². The molecule has 0 unspecified atom stereocenters. The minimum atomic E-state index is -0.652. The fraction of sp³-hybridized carbons (Fsp3) is 0.800. The van der Waals surface area contributed by atoms with E-state index in [0.29, 0.717) is 13.0 Å². The van der Waals surface area contributed by atoms with Crippen LogP contribution in [0.5, 0.6) is 0 Å². The Hall–Kier alpha value is -1.79. The van der Waals surface area contributed by atoms with E-state index in [9.17, 15) is 14.4 Å². The van der Waals surface area contributed by atoms with Crippen molar-refractivity contribution in [2.75, 3.05) is 13.1 Å². The summed E-state index contributed by atoms with van der Waals surface area (Å²) in [5, 5.41) is 2.42. The van der Waals surface area contributed by atoms with E-state index in [1.165, 1.54) is 4.90 Å². The molecule has 0 aromatic carbocycles. The highest BCUT2D eigenvalue weighted by atomic mass is 16.6. The number of rotatable bonds is 5. The van der Waals surface area contributed by atoms with Crippen LogP contribution in [0.1, 0.15) is 47.0 Å². The van der Waals surface area contributed by atoms with Crippen LogP contribution in [0.2, 0.25) is 0 Å². The molecule has 0 spiro atoms. The molecule has 7 nitrogen and oxygen atoms in total. The Morgan fingerprint density at radius 3 is 2.45 bits per heavy atom. The van der Waals surface area contributed by atoms with Crippen LogP contribution in [-0.2, 0) is 14.3 Å². The lowest BCUT2D eigenvalue weighted by Gasteiger charge is -2.23. The highest BCUT2D eigenvalue weighted by Gasteiger charge is 2.37. The van der Waals surface area contributed by atoms with Crippen LogP contribution in [0.4, 0.5) is 4.79 Å². The van der Waals surface area contributed by atoms with E-state index in [4.69, 9.17) is 10.5 Å². The minimum Gasteiger partial charge on any atom is -0.444 e. The van der Waals surface area contributed by atoms with Gasteiger partial charge in [-0.15, -0.1) is 0 Å². The van der Waals surface area contributed by atoms with Crippen molar-refractivity contribution < 1.29 is 19.1 Å². The van der Waals surface area contributed by atoms with Crippen molar-refractivity contribution in [2.45, 2.75) is 58.6 Å². The normalized spacial score (nSPS) is 21.5. The van der Waals surface area contributed by atoms with E-state index >= 15 is 0 Å². The van der Waals surface area contributed by atoms with Crippen molar-refractivity contribution >= 4 is 17.9 Å².